The van der Waals surface area contributed by atoms with Gasteiger partial charge in [0.1, 0.15) is 11.3 Å². The molecule has 1 rings (SSSR count). The van der Waals surface area contributed by atoms with E-state index in [1.807, 2.05) is 11.9 Å². The van der Waals surface area contributed by atoms with Crippen molar-refractivity contribution in [1.82, 2.24) is 9.97 Å². The molecule has 0 saturated carbocycles. The van der Waals surface area contributed by atoms with E-state index in [9.17, 15) is 0 Å². The van der Waals surface area contributed by atoms with Crippen LogP contribution in [-0.2, 0) is 4.74 Å². The Kier molecular flexibility index (Phi) is 5.28. The summed E-state index contributed by atoms with van der Waals surface area (Å²) in [5.74, 6) is 0.729. The van der Waals surface area contributed by atoms with Gasteiger partial charge in [-0.3, -0.25) is 0 Å². The first-order chi connectivity index (χ1) is 7.15. The zero-order valence-corrected chi connectivity index (χ0v) is 11.0. The molecule has 0 aromatic carbocycles. The number of alkyl halides is 1. The fourth-order valence-corrected chi connectivity index (χ4v) is 2.15. The van der Waals surface area contributed by atoms with Gasteiger partial charge in [0.15, 0.2) is 5.82 Å². The van der Waals surface area contributed by atoms with Crippen LogP contribution in [0.1, 0.15) is 0 Å². The Bertz CT molecular complexity index is 313. The van der Waals surface area contributed by atoms with Crippen LogP contribution in [0.2, 0.25) is 5.02 Å². The number of methoxy groups -OCH3 is 1. The first-order valence-electron chi connectivity index (χ1n) is 4.44. The summed E-state index contributed by atoms with van der Waals surface area (Å²) in [5.41, 5.74) is 0. The standard InChI is InChI=1S/C9H13BrClN3O/c1-14(4-7(10)5-15-2)9-8(11)3-12-6-13-9/h3,6-7H,4-5H2,1-2H3. The van der Waals surface area contributed by atoms with Crippen molar-refractivity contribution in [3.63, 3.8) is 0 Å². The first kappa shape index (κ1) is 12.7. The van der Waals surface area contributed by atoms with E-state index in [0.29, 0.717) is 11.6 Å². The van der Waals surface area contributed by atoms with Gasteiger partial charge in [-0.1, -0.05) is 27.5 Å². The van der Waals surface area contributed by atoms with Gasteiger partial charge < -0.3 is 9.64 Å². The smallest absolute Gasteiger partial charge is 0.150 e. The van der Waals surface area contributed by atoms with Crippen molar-refractivity contribution in [2.24, 2.45) is 0 Å². The summed E-state index contributed by atoms with van der Waals surface area (Å²) in [7, 11) is 3.60. The molecule has 15 heavy (non-hydrogen) atoms. The molecule has 0 bridgehead atoms. The van der Waals surface area contributed by atoms with Crippen LogP contribution in [0.25, 0.3) is 0 Å². The van der Waals surface area contributed by atoms with Crippen LogP contribution >= 0.6 is 27.5 Å². The third kappa shape index (κ3) is 3.93. The Morgan fingerprint density at radius 3 is 3.00 bits per heavy atom. The summed E-state index contributed by atoms with van der Waals surface area (Å²) < 4.78 is 5.03. The molecule has 0 spiro atoms. The molecular formula is C9H13BrClN3O. The van der Waals surface area contributed by atoms with Crippen molar-refractivity contribution in [3.05, 3.63) is 17.5 Å². The maximum Gasteiger partial charge on any atom is 0.150 e. The Balaban J connectivity index is 2.61. The number of ether oxygens (including phenoxy) is 1. The SMILES string of the molecule is COCC(Br)CN(C)c1ncncc1Cl. The third-order valence-corrected chi connectivity index (χ3v) is 2.65. The minimum absolute atomic E-state index is 0.249. The van der Waals surface area contributed by atoms with Crippen LogP contribution in [-0.4, -0.2) is 42.1 Å². The van der Waals surface area contributed by atoms with Gasteiger partial charge in [0.2, 0.25) is 0 Å². The van der Waals surface area contributed by atoms with Gasteiger partial charge in [-0.15, -0.1) is 0 Å². The minimum atomic E-state index is 0.249. The van der Waals surface area contributed by atoms with E-state index < -0.39 is 0 Å². The number of aromatic nitrogens is 2. The summed E-state index contributed by atoms with van der Waals surface area (Å²) in [6.07, 6.45) is 3.07. The Hall–Kier alpha value is -0.390. The van der Waals surface area contributed by atoms with Crippen molar-refractivity contribution >= 4 is 33.3 Å². The summed E-state index contributed by atoms with van der Waals surface area (Å²) in [4.78, 5) is 10.2. The molecule has 0 radical (unpaired) electrons. The lowest BCUT2D eigenvalue weighted by Crippen LogP contribution is -2.29. The highest BCUT2D eigenvalue weighted by Crippen LogP contribution is 2.20. The normalized spacial score (nSPS) is 12.5. The van der Waals surface area contributed by atoms with Gasteiger partial charge in [-0.25, -0.2) is 9.97 Å². The maximum absolute atomic E-state index is 5.97. The fraction of sp³-hybridized carbons (Fsp3) is 0.556. The maximum atomic E-state index is 5.97. The summed E-state index contributed by atoms with van der Waals surface area (Å²) in [6.45, 7) is 1.41. The summed E-state index contributed by atoms with van der Waals surface area (Å²) in [6, 6.07) is 0. The van der Waals surface area contributed by atoms with Gasteiger partial charge >= 0.3 is 0 Å². The van der Waals surface area contributed by atoms with Gasteiger partial charge in [0.05, 0.1) is 17.6 Å². The zero-order chi connectivity index (χ0) is 11.3. The van der Waals surface area contributed by atoms with Gasteiger partial charge in [0.25, 0.3) is 0 Å². The van der Waals surface area contributed by atoms with Crippen LogP contribution in [0, 0.1) is 0 Å². The molecule has 1 atom stereocenters. The predicted octanol–water partition coefficient (Wildman–Crippen LogP) is 1.98. The molecule has 0 aliphatic rings. The molecule has 1 unspecified atom stereocenters. The van der Waals surface area contributed by atoms with Crippen LogP contribution in [0.4, 0.5) is 5.82 Å². The number of anilines is 1. The predicted molar refractivity (Wildman–Crippen MR) is 64.9 cm³/mol. The second-order valence-electron chi connectivity index (χ2n) is 3.13. The van der Waals surface area contributed by atoms with Crippen LogP contribution in [0.15, 0.2) is 12.5 Å². The van der Waals surface area contributed by atoms with Gasteiger partial charge in [-0.2, -0.15) is 0 Å². The molecule has 0 fully saturated rings. The molecule has 1 heterocycles. The number of rotatable bonds is 5. The highest BCUT2D eigenvalue weighted by molar-refractivity contribution is 9.09. The quantitative estimate of drug-likeness (QED) is 0.778. The van der Waals surface area contributed by atoms with E-state index in [-0.39, 0.29) is 4.83 Å². The van der Waals surface area contributed by atoms with Crippen LogP contribution < -0.4 is 4.90 Å². The third-order valence-electron chi connectivity index (χ3n) is 1.83. The van der Waals surface area contributed by atoms with E-state index in [1.54, 1.807) is 13.3 Å². The second-order valence-corrected chi connectivity index (χ2v) is 4.83. The average Bonchev–Trinajstić information content (AvgIpc) is 2.18. The van der Waals surface area contributed by atoms with Gasteiger partial charge in [0, 0.05) is 20.7 Å². The molecule has 0 N–H and O–H groups in total. The largest absolute Gasteiger partial charge is 0.383 e. The van der Waals surface area contributed by atoms with E-state index >= 15 is 0 Å². The molecule has 0 saturated heterocycles. The zero-order valence-electron chi connectivity index (χ0n) is 8.65. The molecular weight excluding hydrogens is 281 g/mol. The fourth-order valence-electron chi connectivity index (χ4n) is 1.20. The lowest BCUT2D eigenvalue weighted by molar-refractivity contribution is 0.201. The lowest BCUT2D eigenvalue weighted by atomic mass is 10.4. The number of nitrogens with zero attached hydrogens (tertiary/aromatic N) is 3. The molecule has 0 amide bonds. The number of hydrogen-bond acceptors (Lipinski definition) is 4. The summed E-state index contributed by atoms with van der Waals surface area (Å²) >= 11 is 9.47. The molecule has 84 valence electrons. The minimum Gasteiger partial charge on any atom is -0.383 e. The van der Waals surface area contributed by atoms with Crippen LogP contribution in [0.5, 0.6) is 0 Å². The molecule has 1 aromatic heterocycles. The summed E-state index contributed by atoms with van der Waals surface area (Å²) in [5, 5.41) is 0.553. The first-order valence-corrected chi connectivity index (χ1v) is 5.74. The van der Waals surface area contributed by atoms with Crippen molar-refractivity contribution in [3.8, 4) is 0 Å². The van der Waals surface area contributed by atoms with E-state index in [1.165, 1.54) is 6.33 Å². The monoisotopic (exact) mass is 293 g/mol. The molecule has 1 aromatic rings. The highest BCUT2D eigenvalue weighted by Gasteiger charge is 2.11. The van der Waals surface area contributed by atoms with E-state index in [0.717, 1.165) is 12.4 Å². The number of hydrogen-bond donors (Lipinski definition) is 0. The molecule has 4 nitrogen and oxygen atoms in total. The Morgan fingerprint density at radius 1 is 1.67 bits per heavy atom. The van der Waals surface area contributed by atoms with Crippen LogP contribution in [0.3, 0.4) is 0 Å². The highest BCUT2D eigenvalue weighted by atomic mass is 79.9. The molecule has 0 aliphatic heterocycles. The van der Waals surface area contributed by atoms with Crippen molar-refractivity contribution in [2.75, 3.05) is 32.2 Å². The topological polar surface area (TPSA) is 38.2 Å². The van der Waals surface area contributed by atoms with Crippen molar-refractivity contribution < 1.29 is 4.74 Å². The van der Waals surface area contributed by atoms with Crippen molar-refractivity contribution in [1.29, 1.82) is 0 Å². The lowest BCUT2D eigenvalue weighted by Gasteiger charge is -2.21. The Morgan fingerprint density at radius 2 is 2.40 bits per heavy atom. The molecule has 0 aliphatic carbocycles. The molecule has 6 heteroatoms. The second kappa shape index (κ2) is 6.25. The van der Waals surface area contributed by atoms with Crippen molar-refractivity contribution in [2.45, 2.75) is 4.83 Å². The Labute approximate surface area is 103 Å². The average molecular weight is 295 g/mol. The van der Waals surface area contributed by atoms with Gasteiger partial charge in [-0.05, 0) is 0 Å². The number of halogens is 2. The van der Waals surface area contributed by atoms with E-state index in [4.69, 9.17) is 16.3 Å². The van der Waals surface area contributed by atoms with E-state index in [2.05, 4.69) is 25.9 Å².